The summed E-state index contributed by atoms with van der Waals surface area (Å²) >= 11 is 6.99. The summed E-state index contributed by atoms with van der Waals surface area (Å²) in [5.74, 6) is 0.217. The molecule has 0 fully saturated rings. The standard InChI is InChI=1S/C12H9ClFNS/c13-11-7-6-10(12(14)15-11)16-8-9-4-2-1-3-5-9/h1-7H,8H2. The third kappa shape index (κ3) is 2.97. The Morgan fingerprint density at radius 3 is 2.56 bits per heavy atom. The lowest BCUT2D eigenvalue weighted by molar-refractivity contribution is 0.557. The number of thioether (sulfide) groups is 1. The summed E-state index contributed by atoms with van der Waals surface area (Å²) in [6.07, 6.45) is 0. The molecule has 2 aromatic rings. The lowest BCUT2D eigenvalue weighted by Gasteiger charge is -2.02. The van der Waals surface area contributed by atoms with Crippen molar-refractivity contribution < 1.29 is 4.39 Å². The quantitative estimate of drug-likeness (QED) is 0.602. The van der Waals surface area contributed by atoms with Gasteiger partial charge >= 0.3 is 0 Å². The molecule has 1 aromatic heterocycles. The predicted octanol–water partition coefficient (Wildman–Crippen LogP) is 4.17. The number of pyridine rings is 1. The molecule has 0 atom stereocenters. The monoisotopic (exact) mass is 253 g/mol. The lowest BCUT2D eigenvalue weighted by Crippen LogP contribution is -1.88. The average Bonchev–Trinajstić information content (AvgIpc) is 2.29. The minimum Gasteiger partial charge on any atom is -0.207 e. The summed E-state index contributed by atoms with van der Waals surface area (Å²) < 4.78 is 13.3. The number of rotatable bonds is 3. The number of benzene rings is 1. The Bertz CT molecular complexity index is 476. The molecule has 2 rings (SSSR count). The highest BCUT2D eigenvalue weighted by atomic mass is 35.5. The molecule has 0 N–H and O–H groups in total. The molecule has 0 spiro atoms. The van der Waals surface area contributed by atoms with E-state index in [1.165, 1.54) is 11.8 Å². The topological polar surface area (TPSA) is 12.9 Å². The van der Waals surface area contributed by atoms with Gasteiger partial charge in [0.1, 0.15) is 5.15 Å². The van der Waals surface area contributed by atoms with E-state index in [0.717, 1.165) is 11.3 Å². The zero-order valence-corrected chi connectivity index (χ0v) is 9.93. The van der Waals surface area contributed by atoms with Crippen molar-refractivity contribution in [1.29, 1.82) is 0 Å². The molecule has 16 heavy (non-hydrogen) atoms. The highest BCUT2D eigenvalue weighted by Gasteiger charge is 2.05. The Morgan fingerprint density at radius 2 is 1.88 bits per heavy atom. The molecular weight excluding hydrogens is 245 g/mol. The van der Waals surface area contributed by atoms with Crippen LogP contribution < -0.4 is 0 Å². The third-order valence-corrected chi connectivity index (χ3v) is 3.32. The van der Waals surface area contributed by atoms with Crippen LogP contribution in [-0.4, -0.2) is 4.98 Å². The van der Waals surface area contributed by atoms with Crippen molar-refractivity contribution in [3.63, 3.8) is 0 Å². The number of halogens is 2. The van der Waals surface area contributed by atoms with E-state index in [0.29, 0.717) is 4.90 Å². The minimum atomic E-state index is -0.506. The van der Waals surface area contributed by atoms with Gasteiger partial charge in [-0.3, -0.25) is 0 Å². The van der Waals surface area contributed by atoms with E-state index in [2.05, 4.69) is 4.98 Å². The van der Waals surface area contributed by atoms with Gasteiger partial charge in [0, 0.05) is 5.75 Å². The maximum Gasteiger partial charge on any atom is 0.227 e. The number of hydrogen-bond acceptors (Lipinski definition) is 2. The van der Waals surface area contributed by atoms with Crippen LogP contribution in [0.4, 0.5) is 4.39 Å². The molecular formula is C12H9ClFNS. The van der Waals surface area contributed by atoms with Gasteiger partial charge in [0.25, 0.3) is 0 Å². The second-order valence-electron chi connectivity index (χ2n) is 3.20. The van der Waals surface area contributed by atoms with Gasteiger partial charge in [0.05, 0.1) is 4.90 Å². The van der Waals surface area contributed by atoms with Crippen LogP contribution in [0.15, 0.2) is 47.4 Å². The van der Waals surface area contributed by atoms with Crippen molar-refractivity contribution in [3.05, 3.63) is 59.1 Å². The van der Waals surface area contributed by atoms with Gasteiger partial charge in [-0.05, 0) is 17.7 Å². The maximum atomic E-state index is 13.3. The van der Waals surface area contributed by atoms with Crippen molar-refractivity contribution in [2.45, 2.75) is 10.6 Å². The molecule has 1 aromatic carbocycles. The van der Waals surface area contributed by atoms with Crippen LogP contribution in [0.5, 0.6) is 0 Å². The zero-order valence-electron chi connectivity index (χ0n) is 8.36. The first-order valence-electron chi connectivity index (χ1n) is 4.74. The molecule has 0 bridgehead atoms. The zero-order chi connectivity index (χ0) is 11.4. The molecule has 1 nitrogen and oxygen atoms in total. The van der Waals surface area contributed by atoms with Crippen molar-refractivity contribution in [1.82, 2.24) is 4.98 Å². The summed E-state index contributed by atoms with van der Waals surface area (Å²) in [6.45, 7) is 0. The lowest BCUT2D eigenvalue weighted by atomic mass is 10.2. The van der Waals surface area contributed by atoms with Crippen LogP contribution in [0.25, 0.3) is 0 Å². The van der Waals surface area contributed by atoms with Gasteiger partial charge in [-0.25, -0.2) is 4.98 Å². The summed E-state index contributed by atoms with van der Waals surface area (Å²) in [7, 11) is 0. The average molecular weight is 254 g/mol. The Balaban J connectivity index is 2.05. The van der Waals surface area contributed by atoms with Crippen LogP contribution in [0.2, 0.25) is 5.15 Å². The molecule has 0 aliphatic heterocycles. The van der Waals surface area contributed by atoms with Gasteiger partial charge < -0.3 is 0 Å². The number of aromatic nitrogens is 1. The third-order valence-electron chi connectivity index (χ3n) is 2.02. The van der Waals surface area contributed by atoms with Crippen molar-refractivity contribution >= 4 is 23.4 Å². The van der Waals surface area contributed by atoms with Gasteiger partial charge in [-0.2, -0.15) is 4.39 Å². The molecule has 1 heterocycles. The van der Waals surface area contributed by atoms with E-state index in [-0.39, 0.29) is 5.15 Å². The van der Waals surface area contributed by atoms with Crippen LogP contribution in [0.3, 0.4) is 0 Å². The van der Waals surface area contributed by atoms with E-state index in [1.807, 2.05) is 30.3 Å². The SMILES string of the molecule is Fc1nc(Cl)ccc1SCc1ccccc1. The molecule has 0 saturated heterocycles. The summed E-state index contributed by atoms with van der Waals surface area (Å²) in [5.41, 5.74) is 1.15. The van der Waals surface area contributed by atoms with Gasteiger partial charge in [-0.1, -0.05) is 41.9 Å². The van der Waals surface area contributed by atoms with Crippen LogP contribution in [-0.2, 0) is 5.75 Å². The predicted molar refractivity (Wildman–Crippen MR) is 65.2 cm³/mol. The summed E-state index contributed by atoms with van der Waals surface area (Å²) in [4.78, 5) is 4.09. The molecule has 0 aliphatic rings. The van der Waals surface area contributed by atoms with E-state index < -0.39 is 5.95 Å². The molecule has 0 saturated carbocycles. The fourth-order valence-corrected chi connectivity index (χ4v) is 2.22. The number of nitrogens with zero attached hydrogens (tertiary/aromatic N) is 1. The van der Waals surface area contributed by atoms with Crippen molar-refractivity contribution in [2.24, 2.45) is 0 Å². The van der Waals surface area contributed by atoms with Gasteiger partial charge in [0.15, 0.2) is 0 Å². The fraction of sp³-hybridized carbons (Fsp3) is 0.0833. The first kappa shape index (κ1) is 11.4. The first-order valence-corrected chi connectivity index (χ1v) is 6.11. The van der Waals surface area contributed by atoms with E-state index >= 15 is 0 Å². The fourth-order valence-electron chi connectivity index (χ4n) is 1.24. The Kier molecular flexibility index (Phi) is 3.80. The normalized spacial score (nSPS) is 10.4. The maximum absolute atomic E-state index is 13.3. The van der Waals surface area contributed by atoms with Crippen molar-refractivity contribution in [2.75, 3.05) is 0 Å². The second kappa shape index (κ2) is 5.32. The molecule has 0 radical (unpaired) electrons. The van der Waals surface area contributed by atoms with Gasteiger partial charge in [0.2, 0.25) is 5.95 Å². The smallest absolute Gasteiger partial charge is 0.207 e. The Labute approximate surface area is 103 Å². The van der Waals surface area contributed by atoms with Crippen LogP contribution in [0.1, 0.15) is 5.56 Å². The highest BCUT2D eigenvalue weighted by molar-refractivity contribution is 7.98. The molecule has 0 aliphatic carbocycles. The Hall–Kier alpha value is -1.06. The molecule has 82 valence electrons. The molecule has 0 amide bonds. The Morgan fingerprint density at radius 1 is 1.12 bits per heavy atom. The van der Waals surface area contributed by atoms with Gasteiger partial charge in [-0.15, -0.1) is 11.8 Å². The first-order chi connectivity index (χ1) is 7.75. The molecule has 4 heteroatoms. The highest BCUT2D eigenvalue weighted by Crippen LogP contribution is 2.25. The summed E-state index contributed by atoms with van der Waals surface area (Å²) in [5, 5.41) is 0.182. The van der Waals surface area contributed by atoms with Crippen LogP contribution in [0, 0.1) is 5.95 Å². The van der Waals surface area contributed by atoms with E-state index in [1.54, 1.807) is 12.1 Å². The minimum absolute atomic E-state index is 0.182. The van der Waals surface area contributed by atoms with E-state index in [9.17, 15) is 4.39 Å². The summed E-state index contributed by atoms with van der Waals surface area (Å²) in [6, 6.07) is 13.1. The molecule has 0 unspecified atom stereocenters. The largest absolute Gasteiger partial charge is 0.227 e. The van der Waals surface area contributed by atoms with Crippen molar-refractivity contribution in [3.8, 4) is 0 Å². The number of hydrogen-bond donors (Lipinski definition) is 0. The van der Waals surface area contributed by atoms with E-state index in [4.69, 9.17) is 11.6 Å². The second-order valence-corrected chi connectivity index (χ2v) is 4.60. The van der Waals surface area contributed by atoms with Crippen LogP contribution >= 0.6 is 23.4 Å².